The van der Waals surface area contributed by atoms with Crippen LogP contribution in [0.5, 0.6) is 0 Å². The first-order valence-electron chi connectivity index (χ1n) is 6.68. The molecule has 104 valence electrons. The largest absolute Gasteiger partial charge is 0.354 e. The number of nitrogens with zero attached hydrogens (tertiary/aromatic N) is 4. The third-order valence-electron chi connectivity index (χ3n) is 3.72. The van der Waals surface area contributed by atoms with Gasteiger partial charge in [0.05, 0.1) is 11.6 Å². The fourth-order valence-electron chi connectivity index (χ4n) is 1.84. The summed E-state index contributed by atoms with van der Waals surface area (Å²) in [6.07, 6.45) is 2.81. The van der Waals surface area contributed by atoms with Gasteiger partial charge in [0.2, 0.25) is 5.95 Å². The van der Waals surface area contributed by atoms with Crippen LogP contribution in [-0.2, 0) is 0 Å². The fourth-order valence-corrected chi connectivity index (χ4v) is 1.84. The average molecular weight is 262 g/mol. The molecule has 2 aromatic heterocycles. The quantitative estimate of drug-likeness (QED) is 0.866. The number of aromatic nitrogens is 4. The molecule has 0 aliphatic heterocycles. The van der Waals surface area contributed by atoms with Gasteiger partial charge < -0.3 is 10.2 Å². The molecule has 0 spiro atoms. The first kappa shape index (κ1) is 13.6. The van der Waals surface area contributed by atoms with Crippen molar-refractivity contribution in [2.24, 2.45) is 0 Å². The predicted molar refractivity (Wildman–Crippen MR) is 78.6 cm³/mol. The van der Waals surface area contributed by atoms with Gasteiger partial charge >= 0.3 is 0 Å². The summed E-state index contributed by atoms with van der Waals surface area (Å²) in [5.74, 6) is 1.54. The lowest BCUT2D eigenvalue weighted by Gasteiger charge is -2.36. The van der Waals surface area contributed by atoms with E-state index in [9.17, 15) is 0 Å². The zero-order valence-corrected chi connectivity index (χ0v) is 12.3. The lowest BCUT2D eigenvalue weighted by atomic mass is 10.00. The zero-order valence-electron chi connectivity index (χ0n) is 12.3. The topological polar surface area (TPSA) is 69.7 Å². The Labute approximate surface area is 113 Å². The second-order valence-electron chi connectivity index (χ2n) is 5.26. The highest BCUT2D eigenvalue weighted by molar-refractivity contribution is 5.87. The van der Waals surface area contributed by atoms with E-state index in [4.69, 9.17) is 0 Å². The van der Waals surface area contributed by atoms with E-state index in [0.29, 0.717) is 5.95 Å². The first-order chi connectivity index (χ1) is 8.99. The van der Waals surface area contributed by atoms with Crippen molar-refractivity contribution in [3.8, 4) is 0 Å². The van der Waals surface area contributed by atoms with Crippen molar-refractivity contribution < 1.29 is 0 Å². The Morgan fingerprint density at radius 2 is 2.05 bits per heavy atom. The fraction of sp³-hybridized carbons (Fsp3) is 0.615. The van der Waals surface area contributed by atoms with E-state index >= 15 is 0 Å². The van der Waals surface area contributed by atoms with Crippen molar-refractivity contribution in [1.29, 1.82) is 0 Å². The second kappa shape index (κ2) is 5.03. The zero-order chi connectivity index (χ0) is 14.0. The van der Waals surface area contributed by atoms with E-state index in [0.717, 1.165) is 29.8 Å². The minimum Gasteiger partial charge on any atom is -0.354 e. The molecule has 19 heavy (non-hydrogen) atoms. The highest BCUT2D eigenvalue weighted by Gasteiger charge is 2.25. The molecule has 2 aromatic rings. The molecule has 0 atom stereocenters. The number of anilines is 2. The molecular weight excluding hydrogens is 240 g/mol. The second-order valence-corrected chi connectivity index (χ2v) is 5.26. The highest BCUT2D eigenvalue weighted by atomic mass is 15.3. The summed E-state index contributed by atoms with van der Waals surface area (Å²) in [4.78, 5) is 11.2. The van der Waals surface area contributed by atoms with Crippen LogP contribution in [0.3, 0.4) is 0 Å². The van der Waals surface area contributed by atoms with Gasteiger partial charge in [-0.2, -0.15) is 15.1 Å². The Bertz CT molecular complexity index is 559. The van der Waals surface area contributed by atoms with Crippen LogP contribution in [0, 0.1) is 0 Å². The third kappa shape index (κ3) is 2.47. The van der Waals surface area contributed by atoms with E-state index in [-0.39, 0.29) is 5.54 Å². The SMILES string of the molecule is CCNc1nc(N(C)C(C)(C)CC)c2cn[nH]c2n1. The summed E-state index contributed by atoms with van der Waals surface area (Å²) < 4.78 is 0. The van der Waals surface area contributed by atoms with Gasteiger partial charge in [-0.15, -0.1) is 0 Å². The molecule has 0 saturated heterocycles. The normalized spacial score (nSPS) is 11.8. The molecule has 0 amide bonds. The van der Waals surface area contributed by atoms with Crippen molar-refractivity contribution in [2.75, 3.05) is 23.8 Å². The number of H-pyrrole nitrogens is 1. The van der Waals surface area contributed by atoms with E-state index in [1.54, 1.807) is 6.20 Å². The van der Waals surface area contributed by atoms with Crippen molar-refractivity contribution in [2.45, 2.75) is 39.7 Å². The lowest BCUT2D eigenvalue weighted by Crippen LogP contribution is -2.41. The number of rotatable bonds is 5. The molecule has 6 heteroatoms. The number of hydrogen-bond donors (Lipinski definition) is 2. The Kier molecular flexibility index (Phi) is 3.59. The molecule has 0 saturated carbocycles. The summed E-state index contributed by atoms with van der Waals surface area (Å²) in [5, 5.41) is 11.1. The molecule has 2 heterocycles. The van der Waals surface area contributed by atoms with Crippen LogP contribution in [0.25, 0.3) is 11.0 Å². The van der Waals surface area contributed by atoms with Gasteiger partial charge in [-0.1, -0.05) is 6.92 Å². The summed E-state index contributed by atoms with van der Waals surface area (Å²) in [6.45, 7) is 9.40. The van der Waals surface area contributed by atoms with Gasteiger partial charge in [0, 0.05) is 19.1 Å². The third-order valence-corrected chi connectivity index (χ3v) is 3.72. The highest BCUT2D eigenvalue weighted by Crippen LogP contribution is 2.29. The maximum atomic E-state index is 4.62. The van der Waals surface area contributed by atoms with Gasteiger partial charge in [0.15, 0.2) is 5.65 Å². The number of hydrogen-bond acceptors (Lipinski definition) is 5. The lowest BCUT2D eigenvalue weighted by molar-refractivity contribution is 0.468. The smallest absolute Gasteiger partial charge is 0.226 e. The molecule has 2 N–H and O–H groups in total. The standard InChI is InChI=1S/C13H22N6/c1-6-13(3,4)19(5)11-9-8-15-18-10(9)16-12(17-11)14-7-2/h8H,6-7H2,1-5H3,(H2,14,15,16,17,18). The number of fused-ring (bicyclic) bond motifs is 1. The van der Waals surface area contributed by atoms with E-state index < -0.39 is 0 Å². The van der Waals surface area contributed by atoms with Crippen LogP contribution in [0.1, 0.15) is 34.1 Å². The van der Waals surface area contributed by atoms with Crippen LogP contribution < -0.4 is 10.2 Å². The Hall–Kier alpha value is -1.85. The van der Waals surface area contributed by atoms with Gasteiger partial charge in [-0.05, 0) is 27.2 Å². The molecule has 0 bridgehead atoms. The van der Waals surface area contributed by atoms with Gasteiger partial charge in [-0.25, -0.2) is 0 Å². The monoisotopic (exact) mass is 262 g/mol. The van der Waals surface area contributed by atoms with Gasteiger partial charge in [0.1, 0.15) is 5.82 Å². The predicted octanol–water partition coefficient (Wildman–Crippen LogP) is 2.41. The molecule has 0 unspecified atom stereocenters. The van der Waals surface area contributed by atoms with E-state index in [1.807, 2.05) is 6.92 Å². The van der Waals surface area contributed by atoms with Crippen LogP contribution in [0.2, 0.25) is 0 Å². The Balaban J connectivity index is 2.54. The molecule has 2 rings (SSSR count). The van der Waals surface area contributed by atoms with Crippen LogP contribution in [-0.4, -0.2) is 39.3 Å². The number of nitrogens with one attached hydrogen (secondary N) is 2. The average Bonchev–Trinajstić information content (AvgIpc) is 2.85. The number of aromatic amines is 1. The van der Waals surface area contributed by atoms with Crippen molar-refractivity contribution in [3.63, 3.8) is 0 Å². The van der Waals surface area contributed by atoms with E-state index in [1.165, 1.54) is 0 Å². The summed E-state index contributed by atoms with van der Waals surface area (Å²) >= 11 is 0. The van der Waals surface area contributed by atoms with Crippen molar-refractivity contribution in [3.05, 3.63) is 6.20 Å². The van der Waals surface area contributed by atoms with Crippen molar-refractivity contribution >= 4 is 22.8 Å². The minimum atomic E-state index is 0.0298. The van der Waals surface area contributed by atoms with Crippen LogP contribution in [0.15, 0.2) is 6.20 Å². The van der Waals surface area contributed by atoms with E-state index in [2.05, 4.69) is 58.2 Å². The minimum absolute atomic E-state index is 0.0298. The van der Waals surface area contributed by atoms with Gasteiger partial charge in [0.25, 0.3) is 0 Å². The Morgan fingerprint density at radius 3 is 2.68 bits per heavy atom. The first-order valence-corrected chi connectivity index (χ1v) is 6.68. The van der Waals surface area contributed by atoms with Gasteiger partial charge in [-0.3, -0.25) is 5.10 Å². The molecule has 0 aliphatic carbocycles. The molecule has 0 aromatic carbocycles. The molecule has 0 aliphatic rings. The maximum absolute atomic E-state index is 4.62. The molecule has 0 fully saturated rings. The molecule has 6 nitrogen and oxygen atoms in total. The maximum Gasteiger partial charge on any atom is 0.226 e. The van der Waals surface area contributed by atoms with Crippen LogP contribution >= 0.6 is 0 Å². The summed E-state index contributed by atoms with van der Waals surface area (Å²) in [5.41, 5.74) is 0.793. The molecule has 0 radical (unpaired) electrons. The Morgan fingerprint density at radius 1 is 1.32 bits per heavy atom. The van der Waals surface area contributed by atoms with Crippen LogP contribution in [0.4, 0.5) is 11.8 Å². The summed E-state index contributed by atoms with van der Waals surface area (Å²) in [6, 6.07) is 0. The molecular formula is C13H22N6. The van der Waals surface area contributed by atoms with Crippen molar-refractivity contribution in [1.82, 2.24) is 20.2 Å². The summed E-state index contributed by atoms with van der Waals surface area (Å²) in [7, 11) is 2.06.